The summed E-state index contributed by atoms with van der Waals surface area (Å²) in [5, 5.41) is 23.4. The van der Waals surface area contributed by atoms with Crippen molar-refractivity contribution in [2.75, 3.05) is 32.7 Å². The number of fused-ring (bicyclic) bond motifs is 1. The zero-order valence-electron chi connectivity index (χ0n) is 20.4. The molecule has 1 amide bonds. The van der Waals surface area contributed by atoms with E-state index in [1.165, 1.54) is 34.7 Å². The van der Waals surface area contributed by atoms with Crippen LogP contribution in [0.2, 0.25) is 0 Å². The summed E-state index contributed by atoms with van der Waals surface area (Å²) in [6.45, 7) is 2.95. The minimum Gasteiger partial charge on any atom is -0.389 e. The summed E-state index contributed by atoms with van der Waals surface area (Å²) < 4.78 is 13.3. The zero-order chi connectivity index (χ0) is 25.1. The summed E-state index contributed by atoms with van der Waals surface area (Å²) in [6, 6.07) is 14.5. The van der Waals surface area contributed by atoms with Gasteiger partial charge in [-0.1, -0.05) is 30.3 Å². The number of hydrogen-bond acceptors (Lipinski definition) is 4. The summed E-state index contributed by atoms with van der Waals surface area (Å²) in [4.78, 5) is 19.8. The monoisotopic (exact) mass is 491 g/mol. The fourth-order valence-corrected chi connectivity index (χ4v) is 5.60. The van der Waals surface area contributed by atoms with Gasteiger partial charge in [0.25, 0.3) is 0 Å². The van der Waals surface area contributed by atoms with Crippen molar-refractivity contribution in [2.24, 2.45) is 0 Å². The lowest BCUT2D eigenvalue weighted by Gasteiger charge is -2.43. The molecule has 2 aromatic carbocycles. The van der Waals surface area contributed by atoms with E-state index in [2.05, 4.69) is 34.3 Å². The summed E-state index contributed by atoms with van der Waals surface area (Å²) >= 11 is 0. The number of aliphatic hydroxyl groups excluding tert-OH is 1. The Bertz CT molecular complexity index is 1220. The smallest absolute Gasteiger partial charge is 0.246 e. The second kappa shape index (κ2) is 10.5. The first-order chi connectivity index (χ1) is 17.4. The molecule has 36 heavy (non-hydrogen) atoms. The Morgan fingerprint density at radius 3 is 2.61 bits per heavy atom. The van der Waals surface area contributed by atoms with Crippen molar-refractivity contribution >= 4 is 22.9 Å². The van der Waals surface area contributed by atoms with Crippen LogP contribution in [0.25, 0.3) is 17.0 Å². The number of aromatic amines is 1. The van der Waals surface area contributed by atoms with Gasteiger partial charge >= 0.3 is 0 Å². The molecule has 2 fully saturated rings. The third kappa shape index (κ3) is 5.38. The molecule has 1 atom stereocenters. The van der Waals surface area contributed by atoms with Crippen LogP contribution in [0.15, 0.2) is 60.8 Å². The number of benzene rings is 2. The standard InChI is InChI=1S/C29H34FN3O3/c30-23-5-3-4-21(18-23)8-9-28(35)33-16-12-29(36,13-17-33)27(34)20-32-14-10-22(11-15-32)25-19-31-26-7-2-1-6-24(25)26/h1-9,18-19,22,27,31,34,36H,10-17,20H2/b9-8+. The van der Waals surface area contributed by atoms with E-state index in [0.717, 1.165) is 25.9 Å². The molecule has 0 saturated carbocycles. The average molecular weight is 492 g/mol. The van der Waals surface area contributed by atoms with Gasteiger partial charge in [0, 0.05) is 42.8 Å². The van der Waals surface area contributed by atoms with Crippen molar-refractivity contribution in [3.63, 3.8) is 0 Å². The molecule has 5 rings (SSSR count). The summed E-state index contributed by atoms with van der Waals surface area (Å²) in [5.41, 5.74) is 1.96. The number of nitrogens with one attached hydrogen (secondary N) is 1. The van der Waals surface area contributed by atoms with Gasteiger partial charge in [0.05, 0.1) is 11.7 Å². The van der Waals surface area contributed by atoms with Crippen LogP contribution in [-0.4, -0.2) is 75.3 Å². The van der Waals surface area contributed by atoms with Crippen LogP contribution in [0, 0.1) is 5.82 Å². The summed E-state index contributed by atoms with van der Waals surface area (Å²) in [6.07, 6.45) is 7.01. The van der Waals surface area contributed by atoms with Gasteiger partial charge in [-0.15, -0.1) is 0 Å². The van der Waals surface area contributed by atoms with Crippen LogP contribution in [0.1, 0.15) is 42.7 Å². The highest BCUT2D eigenvalue weighted by atomic mass is 19.1. The second-order valence-electron chi connectivity index (χ2n) is 10.2. The number of piperidine rings is 2. The maximum absolute atomic E-state index is 13.3. The first kappa shape index (κ1) is 24.7. The molecule has 2 saturated heterocycles. The lowest BCUT2D eigenvalue weighted by atomic mass is 9.84. The number of halogens is 1. The summed E-state index contributed by atoms with van der Waals surface area (Å²) in [5.74, 6) is -0.0220. The van der Waals surface area contributed by atoms with Gasteiger partial charge in [0.15, 0.2) is 0 Å². The number of nitrogens with zero attached hydrogens (tertiary/aromatic N) is 2. The van der Waals surface area contributed by atoms with Crippen molar-refractivity contribution in [3.8, 4) is 0 Å². The fraction of sp³-hybridized carbons (Fsp3) is 0.414. The molecule has 0 spiro atoms. The number of para-hydroxylation sites is 1. The molecule has 3 N–H and O–H groups in total. The van der Waals surface area contributed by atoms with Crippen LogP contribution in [0.3, 0.4) is 0 Å². The molecule has 190 valence electrons. The van der Waals surface area contributed by atoms with Gasteiger partial charge in [-0.3, -0.25) is 4.79 Å². The van der Waals surface area contributed by atoms with E-state index in [1.54, 1.807) is 23.1 Å². The molecular formula is C29H34FN3O3. The van der Waals surface area contributed by atoms with Crippen LogP contribution in [0.5, 0.6) is 0 Å². The van der Waals surface area contributed by atoms with Gasteiger partial charge in [0.2, 0.25) is 5.91 Å². The Kier molecular flexibility index (Phi) is 7.23. The Morgan fingerprint density at radius 2 is 1.86 bits per heavy atom. The minimum atomic E-state index is -1.20. The Balaban J connectivity index is 1.10. The van der Waals surface area contributed by atoms with Crippen LogP contribution < -0.4 is 0 Å². The maximum Gasteiger partial charge on any atom is 0.246 e. The van der Waals surface area contributed by atoms with Crippen molar-refractivity contribution in [2.45, 2.75) is 43.3 Å². The number of β-amino-alcohol motifs (C(OH)–C–C–N with tert-alkyl or cyclic N) is 1. The fourth-order valence-electron chi connectivity index (χ4n) is 5.60. The number of aliphatic hydroxyl groups is 2. The molecule has 0 bridgehead atoms. The van der Waals surface area contributed by atoms with Crippen molar-refractivity contribution in [3.05, 3.63) is 77.7 Å². The van der Waals surface area contributed by atoms with E-state index in [1.807, 2.05) is 6.07 Å². The Labute approximate surface area is 211 Å². The number of hydrogen-bond donors (Lipinski definition) is 3. The first-order valence-corrected chi connectivity index (χ1v) is 12.8. The maximum atomic E-state index is 13.3. The van der Waals surface area contributed by atoms with E-state index < -0.39 is 11.7 Å². The van der Waals surface area contributed by atoms with Crippen LogP contribution >= 0.6 is 0 Å². The number of carbonyl (C=O) groups is 1. The second-order valence-corrected chi connectivity index (χ2v) is 10.2. The molecule has 2 aliphatic rings. The van der Waals surface area contributed by atoms with E-state index in [0.29, 0.717) is 44.0 Å². The number of rotatable bonds is 6. The molecule has 1 unspecified atom stereocenters. The van der Waals surface area contributed by atoms with Gasteiger partial charge < -0.3 is 25.0 Å². The van der Waals surface area contributed by atoms with Gasteiger partial charge in [-0.25, -0.2) is 4.39 Å². The predicted octanol–water partition coefficient (Wildman–Crippen LogP) is 3.91. The first-order valence-electron chi connectivity index (χ1n) is 12.8. The number of H-pyrrole nitrogens is 1. The highest BCUT2D eigenvalue weighted by Crippen LogP contribution is 2.34. The number of aromatic nitrogens is 1. The minimum absolute atomic E-state index is 0.171. The molecular weight excluding hydrogens is 457 g/mol. The number of carbonyl (C=O) groups excluding carboxylic acids is 1. The SMILES string of the molecule is O=C(/C=C/c1cccc(F)c1)N1CCC(O)(C(O)CN2CCC(c3c[nH]c4ccccc34)CC2)CC1. The average Bonchev–Trinajstić information content (AvgIpc) is 3.32. The van der Waals surface area contributed by atoms with E-state index in [9.17, 15) is 19.4 Å². The molecule has 0 aliphatic carbocycles. The zero-order valence-corrected chi connectivity index (χ0v) is 20.4. The molecule has 3 aromatic rings. The third-order valence-corrected chi connectivity index (χ3v) is 7.91. The highest BCUT2D eigenvalue weighted by Gasteiger charge is 2.40. The van der Waals surface area contributed by atoms with E-state index in [-0.39, 0.29) is 11.7 Å². The quantitative estimate of drug-likeness (QED) is 0.457. The summed E-state index contributed by atoms with van der Waals surface area (Å²) in [7, 11) is 0. The third-order valence-electron chi connectivity index (χ3n) is 7.91. The molecule has 7 heteroatoms. The number of likely N-dealkylation sites (tertiary alicyclic amines) is 2. The molecule has 3 heterocycles. The van der Waals surface area contributed by atoms with Crippen LogP contribution in [-0.2, 0) is 4.79 Å². The van der Waals surface area contributed by atoms with Crippen molar-refractivity contribution < 1.29 is 19.4 Å². The van der Waals surface area contributed by atoms with Crippen LogP contribution in [0.4, 0.5) is 4.39 Å². The number of amides is 1. The largest absolute Gasteiger partial charge is 0.389 e. The van der Waals surface area contributed by atoms with E-state index >= 15 is 0 Å². The Hall–Kier alpha value is -3.00. The molecule has 2 aliphatic heterocycles. The van der Waals surface area contributed by atoms with Crippen molar-refractivity contribution in [1.82, 2.24) is 14.8 Å². The van der Waals surface area contributed by atoms with Gasteiger partial charge in [-0.2, -0.15) is 0 Å². The molecule has 1 aromatic heterocycles. The lowest BCUT2D eigenvalue weighted by molar-refractivity contribution is -0.140. The van der Waals surface area contributed by atoms with Crippen molar-refractivity contribution in [1.29, 1.82) is 0 Å². The van der Waals surface area contributed by atoms with Gasteiger partial charge in [-0.05, 0) is 80.1 Å². The normalized spacial score (nSPS) is 20.2. The molecule has 0 radical (unpaired) electrons. The molecule has 6 nitrogen and oxygen atoms in total. The topological polar surface area (TPSA) is 79.8 Å². The predicted molar refractivity (Wildman–Crippen MR) is 139 cm³/mol. The lowest BCUT2D eigenvalue weighted by Crippen LogP contribution is -2.56. The Morgan fingerprint density at radius 1 is 1.11 bits per heavy atom. The van der Waals surface area contributed by atoms with Gasteiger partial charge in [0.1, 0.15) is 5.82 Å². The highest BCUT2D eigenvalue weighted by molar-refractivity contribution is 5.91. The van der Waals surface area contributed by atoms with E-state index in [4.69, 9.17) is 0 Å².